The van der Waals surface area contributed by atoms with E-state index in [1.54, 1.807) is 0 Å². The zero-order chi connectivity index (χ0) is 12.3. The second-order valence-electron chi connectivity index (χ2n) is 3.93. The van der Waals surface area contributed by atoms with Crippen molar-refractivity contribution in [2.45, 2.75) is 25.1 Å². The number of thioether (sulfide) groups is 1. The van der Waals surface area contributed by atoms with Crippen LogP contribution >= 0.6 is 11.8 Å². The highest BCUT2D eigenvalue weighted by Crippen LogP contribution is 2.34. The van der Waals surface area contributed by atoms with E-state index in [2.05, 4.69) is 10.3 Å². The molecular formula is C11H13F3N2S. The smallest absolute Gasteiger partial charge is 0.367 e. The zero-order valence-corrected chi connectivity index (χ0v) is 9.94. The SMILES string of the molecule is FC(F)(F)c1cccnc1NC1CCSCC1. The second kappa shape index (κ2) is 5.16. The number of hydrogen-bond acceptors (Lipinski definition) is 3. The van der Waals surface area contributed by atoms with Crippen molar-refractivity contribution < 1.29 is 13.2 Å². The van der Waals surface area contributed by atoms with Crippen molar-refractivity contribution in [2.24, 2.45) is 0 Å². The summed E-state index contributed by atoms with van der Waals surface area (Å²) >= 11 is 1.84. The molecule has 1 aromatic rings. The molecule has 1 aliphatic rings. The van der Waals surface area contributed by atoms with Crippen molar-refractivity contribution in [3.63, 3.8) is 0 Å². The minimum atomic E-state index is -4.35. The molecule has 0 bridgehead atoms. The number of hydrogen-bond donors (Lipinski definition) is 1. The van der Waals surface area contributed by atoms with E-state index < -0.39 is 11.7 Å². The summed E-state index contributed by atoms with van der Waals surface area (Å²) in [5.74, 6) is 1.94. The van der Waals surface area contributed by atoms with Crippen LogP contribution in [-0.2, 0) is 6.18 Å². The van der Waals surface area contributed by atoms with Crippen LogP contribution in [0.4, 0.5) is 19.0 Å². The van der Waals surface area contributed by atoms with Crippen LogP contribution in [0.25, 0.3) is 0 Å². The lowest BCUT2D eigenvalue weighted by molar-refractivity contribution is -0.137. The molecule has 0 radical (unpaired) electrons. The molecule has 17 heavy (non-hydrogen) atoms. The van der Waals surface area contributed by atoms with E-state index in [-0.39, 0.29) is 11.9 Å². The highest BCUT2D eigenvalue weighted by atomic mass is 32.2. The Labute approximate surface area is 102 Å². The van der Waals surface area contributed by atoms with Gasteiger partial charge in [-0.1, -0.05) is 0 Å². The van der Waals surface area contributed by atoms with Crippen LogP contribution in [0.15, 0.2) is 18.3 Å². The van der Waals surface area contributed by atoms with E-state index in [4.69, 9.17) is 0 Å². The number of rotatable bonds is 2. The first kappa shape index (κ1) is 12.5. The molecule has 0 aromatic carbocycles. The van der Waals surface area contributed by atoms with Gasteiger partial charge < -0.3 is 5.32 Å². The van der Waals surface area contributed by atoms with E-state index in [9.17, 15) is 13.2 Å². The monoisotopic (exact) mass is 262 g/mol. The first-order chi connectivity index (χ1) is 8.07. The Morgan fingerprint density at radius 1 is 1.29 bits per heavy atom. The molecule has 1 saturated heterocycles. The summed E-state index contributed by atoms with van der Waals surface area (Å²) in [7, 11) is 0. The summed E-state index contributed by atoms with van der Waals surface area (Å²) in [6.07, 6.45) is -1.19. The molecule has 0 unspecified atom stereocenters. The highest BCUT2D eigenvalue weighted by Gasteiger charge is 2.34. The average Bonchev–Trinajstić information content (AvgIpc) is 2.30. The molecule has 2 rings (SSSR count). The third-order valence-corrected chi connectivity index (χ3v) is 3.72. The molecule has 0 saturated carbocycles. The first-order valence-electron chi connectivity index (χ1n) is 5.44. The van der Waals surface area contributed by atoms with Crippen LogP contribution < -0.4 is 5.32 Å². The Morgan fingerprint density at radius 3 is 2.65 bits per heavy atom. The molecule has 0 spiro atoms. The third kappa shape index (κ3) is 3.28. The number of halogens is 3. The normalized spacial score (nSPS) is 18.1. The van der Waals surface area contributed by atoms with Gasteiger partial charge in [-0.25, -0.2) is 4.98 Å². The van der Waals surface area contributed by atoms with Gasteiger partial charge in [0.2, 0.25) is 0 Å². The molecule has 1 aliphatic heterocycles. The van der Waals surface area contributed by atoms with Gasteiger partial charge in [0, 0.05) is 12.2 Å². The predicted octanol–water partition coefficient (Wildman–Crippen LogP) is 3.41. The number of nitrogens with one attached hydrogen (secondary N) is 1. The van der Waals surface area contributed by atoms with Gasteiger partial charge in [-0.3, -0.25) is 0 Å². The lowest BCUT2D eigenvalue weighted by Gasteiger charge is -2.24. The fraction of sp³-hybridized carbons (Fsp3) is 0.545. The van der Waals surface area contributed by atoms with Crippen molar-refractivity contribution in [1.82, 2.24) is 4.98 Å². The van der Waals surface area contributed by atoms with Crippen molar-refractivity contribution in [2.75, 3.05) is 16.8 Å². The Balaban J connectivity index is 2.14. The molecule has 1 fully saturated rings. The molecule has 6 heteroatoms. The Kier molecular flexibility index (Phi) is 3.81. The molecule has 0 amide bonds. The molecule has 2 heterocycles. The van der Waals surface area contributed by atoms with E-state index in [0.29, 0.717) is 0 Å². The maximum absolute atomic E-state index is 12.7. The molecule has 1 N–H and O–H groups in total. The number of pyridine rings is 1. The Bertz CT molecular complexity index is 375. The van der Waals surface area contributed by atoms with Crippen LogP contribution in [0.2, 0.25) is 0 Å². The van der Waals surface area contributed by atoms with Crippen molar-refractivity contribution in [3.05, 3.63) is 23.9 Å². The Morgan fingerprint density at radius 2 is 2.00 bits per heavy atom. The summed E-state index contributed by atoms with van der Waals surface area (Å²) in [6, 6.07) is 2.48. The van der Waals surface area contributed by atoms with Crippen LogP contribution in [-0.4, -0.2) is 22.5 Å². The quantitative estimate of drug-likeness (QED) is 0.884. The fourth-order valence-electron chi connectivity index (χ4n) is 1.78. The van der Waals surface area contributed by atoms with Crippen LogP contribution in [0.5, 0.6) is 0 Å². The van der Waals surface area contributed by atoms with Gasteiger partial charge in [0.15, 0.2) is 0 Å². The lowest BCUT2D eigenvalue weighted by atomic mass is 10.1. The molecule has 94 valence electrons. The standard InChI is InChI=1S/C11H13F3N2S/c12-11(13,14)9-2-1-5-15-10(9)16-8-3-6-17-7-4-8/h1-2,5,8H,3-4,6-7H2,(H,15,16). The Hall–Kier alpha value is -0.910. The van der Waals surface area contributed by atoms with E-state index in [1.165, 1.54) is 12.3 Å². The summed E-state index contributed by atoms with van der Waals surface area (Å²) < 4.78 is 38.2. The molecule has 1 aromatic heterocycles. The maximum Gasteiger partial charge on any atom is 0.419 e. The second-order valence-corrected chi connectivity index (χ2v) is 5.15. The van der Waals surface area contributed by atoms with Gasteiger partial charge >= 0.3 is 6.18 Å². The number of alkyl halides is 3. The largest absolute Gasteiger partial charge is 0.419 e. The van der Waals surface area contributed by atoms with Gasteiger partial charge in [0.25, 0.3) is 0 Å². The van der Waals surface area contributed by atoms with Crippen molar-refractivity contribution in [3.8, 4) is 0 Å². The molecule has 0 atom stereocenters. The van der Waals surface area contributed by atoms with E-state index >= 15 is 0 Å². The van der Waals surface area contributed by atoms with E-state index in [1.807, 2.05) is 11.8 Å². The predicted molar refractivity (Wildman–Crippen MR) is 63.2 cm³/mol. The number of anilines is 1. The minimum Gasteiger partial charge on any atom is -0.367 e. The summed E-state index contributed by atoms with van der Waals surface area (Å²) in [4.78, 5) is 3.80. The van der Waals surface area contributed by atoms with Crippen molar-refractivity contribution >= 4 is 17.6 Å². The topological polar surface area (TPSA) is 24.9 Å². The number of aromatic nitrogens is 1. The van der Waals surface area contributed by atoms with Crippen molar-refractivity contribution in [1.29, 1.82) is 0 Å². The van der Waals surface area contributed by atoms with Gasteiger partial charge in [-0.05, 0) is 36.5 Å². The van der Waals surface area contributed by atoms with Gasteiger partial charge in [0.05, 0.1) is 5.56 Å². The van der Waals surface area contributed by atoms with Crippen LogP contribution in [0.1, 0.15) is 18.4 Å². The van der Waals surface area contributed by atoms with Gasteiger partial charge in [-0.2, -0.15) is 24.9 Å². The lowest BCUT2D eigenvalue weighted by Crippen LogP contribution is -2.26. The zero-order valence-electron chi connectivity index (χ0n) is 9.13. The molecule has 0 aliphatic carbocycles. The molecular weight excluding hydrogens is 249 g/mol. The van der Waals surface area contributed by atoms with Crippen LogP contribution in [0, 0.1) is 0 Å². The fourth-order valence-corrected chi connectivity index (χ4v) is 2.89. The summed E-state index contributed by atoms with van der Waals surface area (Å²) in [5, 5.41) is 2.91. The summed E-state index contributed by atoms with van der Waals surface area (Å²) in [6.45, 7) is 0. The minimum absolute atomic E-state index is 0.0445. The molecule has 2 nitrogen and oxygen atoms in total. The van der Waals surface area contributed by atoms with Gasteiger partial charge in [-0.15, -0.1) is 0 Å². The van der Waals surface area contributed by atoms with E-state index in [0.717, 1.165) is 30.4 Å². The first-order valence-corrected chi connectivity index (χ1v) is 6.59. The van der Waals surface area contributed by atoms with Gasteiger partial charge in [0.1, 0.15) is 5.82 Å². The third-order valence-electron chi connectivity index (χ3n) is 2.68. The maximum atomic E-state index is 12.7. The average molecular weight is 262 g/mol. The summed E-state index contributed by atoms with van der Waals surface area (Å²) in [5.41, 5.74) is -0.682. The highest BCUT2D eigenvalue weighted by molar-refractivity contribution is 7.99. The number of nitrogens with zero attached hydrogens (tertiary/aromatic N) is 1. The van der Waals surface area contributed by atoms with Crippen LogP contribution in [0.3, 0.4) is 0 Å².